The lowest BCUT2D eigenvalue weighted by Gasteiger charge is -2.26. The van der Waals surface area contributed by atoms with Crippen molar-refractivity contribution in [3.63, 3.8) is 0 Å². The van der Waals surface area contributed by atoms with E-state index >= 15 is 0 Å². The number of carbonyl (C=O) groups is 2. The highest BCUT2D eigenvalue weighted by molar-refractivity contribution is 6.01. The van der Waals surface area contributed by atoms with Gasteiger partial charge in [0.1, 0.15) is 0 Å². The first-order valence-electron chi connectivity index (χ1n) is 12.5. The summed E-state index contributed by atoms with van der Waals surface area (Å²) in [7, 11) is 3.21. The molecule has 7 nitrogen and oxygen atoms in total. The zero-order valence-electron chi connectivity index (χ0n) is 21.3. The van der Waals surface area contributed by atoms with Crippen LogP contribution in [0.2, 0.25) is 0 Å². The van der Waals surface area contributed by atoms with E-state index in [4.69, 9.17) is 9.47 Å². The Morgan fingerprint density at radius 3 is 2.57 bits per heavy atom. The number of aryl methyl sites for hydroxylation is 1. The smallest absolute Gasteiger partial charge is 0.255 e. The number of nitrogens with zero attached hydrogens (tertiary/aromatic N) is 1. The van der Waals surface area contributed by atoms with Crippen LogP contribution in [0, 0.1) is 6.92 Å². The van der Waals surface area contributed by atoms with Crippen molar-refractivity contribution in [1.82, 2.24) is 15.2 Å². The standard InChI is InChI=1S/C30H31N3O4/c1-19-28(23-10-6-7-11-24(23)32-19)29-21-8-4-5-9-22(21)30(35)33(29)17-15-27(34)31-16-14-20-12-13-25(36-2)26(18-20)37-3/h4-13,18,29,32H,14-17H2,1-3H3,(H,31,34)/t29-/m0/s1. The summed E-state index contributed by atoms with van der Waals surface area (Å²) in [5.74, 6) is 1.21. The third kappa shape index (κ3) is 4.65. The summed E-state index contributed by atoms with van der Waals surface area (Å²) in [4.78, 5) is 31.5. The normalized spacial score (nSPS) is 14.6. The number of para-hydroxylation sites is 1. The molecule has 0 bridgehead atoms. The van der Waals surface area contributed by atoms with Crippen LogP contribution in [-0.2, 0) is 11.2 Å². The van der Waals surface area contributed by atoms with Gasteiger partial charge in [0.15, 0.2) is 11.5 Å². The number of hydrogen-bond donors (Lipinski definition) is 2. The quantitative estimate of drug-likeness (QED) is 0.348. The molecule has 0 saturated heterocycles. The second-order valence-corrected chi connectivity index (χ2v) is 9.24. The van der Waals surface area contributed by atoms with Crippen LogP contribution >= 0.6 is 0 Å². The minimum Gasteiger partial charge on any atom is -0.493 e. The molecule has 0 radical (unpaired) electrons. The Kier molecular flexibility index (Phi) is 6.86. The van der Waals surface area contributed by atoms with Crippen LogP contribution in [0.5, 0.6) is 11.5 Å². The SMILES string of the molecule is COc1ccc(CCNC(=O)CCN2C(=O)c3ccccc3[C@H]2c2c(C)[nH]c3ccccc23)cc1OC. The van der Waals surface area contributed by atoms with Gasteiger partial charge in [-0.1, -0.05) is 42.5 Å². The molecule has 0 unspecified atom stereocenters. The fraction of sp³-hybridized carbons (Fsp3) is 0.267. The Morgan fingerprint density at radius 1 is 1.00 bits per heavy atom. The maximum absolute atomic E-state index is 13.4. The van der Waals surface area contributed by atoms with E-state index in [9.17, 15) is 9.59 Å². The van der Waals surface area contributed by atoms with Gasteiger partial charge >= 0.3 is 0 Å². The zero-order chi connectivity index (χ0) is 25.9. The van der Waals surface area contributed by atoms with Crippen molar-refractivity contribution in [2.24, 2.45) is 0 Å². The number of rotatable bonds is 9. The fourth-order valence-electron chi connectivity index (χ4n) is 5.26. The van der Waals surface area contributed by atoms with Crippen molar-refractivity contribution in [1.29, 1.82) is 0 Å². The molecule has 0 spiro atoms. The summed E-state index contributed by atoms with van der Waals surface area (Å²) >= 11 is 0. The first kappa shape index (κ1) is 24.4. The van der Waals surface area contributed by atoms with Crippen LogP contribution < -0.4 is 14.8 Å². The molecule has 0 fully saturated rings. The van der Waals surface area contributed by atoms with Crippen LogP contribution in [-0.4, -0.2) is 49.0 Å². The third-order valence-electron chi connectivity index (χ3n) is 7.04. The number of nitrogens with one attached hydrogen (secondary N) is 2. The molecular weight excluding hydrogens is 466 g/mol. The van der Waals surface area contributed by atoms with Crippen molar-refractivity contribution >= 4 is 22.7 Å². The monoisotopic (exact) mass is 497 g/mol. The minimum absolute atomic E-state index is 0.0385. The van der Waals surface area contributed by atoms with Gasteiger partial charge in [-0.05, 0) is 48.7 Å². The van der Waals surface area contributed by atoms with Gasteiger partial charge in [-0.15, -0.1) is 0 Å². The van der Waals surface area contributed by atoms with Crippen molar-refractivity contribution in [2.45, 2.75) is 25.8 Å². The lowest BCUT2D eigenvalue weighted by Crippen LogP contribution is -2.34. The van der Waals surface area contributed by atoms with E-state index in [0.29, 0.717) is 36.6 Å². The van der Waals surface area contributed by atoms with E-state index < -0.39 is 0 Å². The number of ether oxygens (including phenoxy) is 2. The number of carbonyl (C=O) groups excluding carboxylic acids is 2. The van der Waals surface area contributed by atoms with Gasteiger partial charge in [-0.25, -0.2) is 0 Å². The Bertz CT molecular complexity index is 1460. The van der Waals surface area contributed by atoms with Crippen molar-refractivity contribution in [3.05, 3.63) is 94.7 Å². The predicted molar refractivity (Wildman–Crippen MR) is 143 cm³/mol. The molecule has 1 atom stereocenters. The van der Waals surface area contributed by atoms with Gasteiger partial charge in [-0.3, -0.25) is 9.59 Å². The number of benzene rings is 3. The topological polar surface area (TPSA) is 83.7 Å². The minimum atomic E-state index is -0.237. The summed E-state index contributed by atoms with van der Waals surface area (Å²) in [5.41, 5.74) is 5.88. The Hall–Kier alpha value is -4.26. The third-order valence-corrected chi connectivity index (χ3v) is 7.04. The highest BCUT2D eigenvalue weighted by Crippen LogP contribution is 2.42. The number of fused-ring (bicyclic) bond motifs is 2. The molecule has 4 aromatic rings. The van der Waals surface area contributed by atoms with Crippen LogP contribution in [0.4, 0.5) is 0 Å². The van der Waals surface area contributed by atoms with Gasteiger partial charge in [-0.2, -0.15) is 0 Å². The molecule has 1 aliphatic heterocycles. The number of amides is 2. The molecule has 7 heteroatoms. The highest BCUT2D eigenvalue weighted by atomic mass is 16.5. The van der Waals surface area contributed by atoms with E-state index in [1.165, 1.54) is 0 Å². The van der Waals surface area contributed by atoms with Gasteiger partial charge < -0.3 is 24.7 Å². The summed E-state index contributed by atoms with van der Waals surface area (Å²) < 4.78 is 10.6. The second kappa shape index (κ2) is 10.4. The molecule has 1 aliphatic rings. The van der Waals surface area contributed by atoms with E-state index in [-0.39, 0.29) is 24.3 Å². The maximum atomic E-state index is 13.4. The molecule has 3 aromatic carbocycles. The van der Waals surface area contributed by atoms with Crippen molar-refractivity contribution in [3.8, 4) is 11.5 Å². The Balaban J connectivity index is 1.29. The molecular formula is C30H31N3O4. The van der Waals surface area contributed by atoms with E-state index in [1.54, 1.807) is 14.2 Å². The van der Waals surface area contributed by atoms with Gasteiger partial charge in [0.2, 0.25) is 5.91 Å². The summed E-state index contributed by atoms with van der Waals surface area (Å²) in [6.07, 6.45) is 0.890. The summed E-state index contributed by atoms with van der Waals surface area (Å²) in [6, 6.07) is 21.4. The molecule has 2 heterocycles. The molecule has 0 saturated carbocycles. The van der Waals surface area contributed by atoms with E-state index in [2.05, 4.69) is 16.4 Å². The van der Waals surface area contributed by atoms with E-state index in [1.807, 2.05) is 72.5 Å². The first-order valence-corrected chi connectivity index (χ1v) is 12.5. The Morgan fingerprint density at radius 2 is 1.76 bits per heavy atom. The van der Waals surface area contributed by atoms with Crippen LogP contribution in [0.15, 0.2) is 66.7 Å². The largest absolute Gasteiger partial charge is 0.493 e. The van der Waals surface area contributed by atoms with Gasteiger partial charge in [0, 0.05) is 47.2 Å². The average Bonchev–Trinajstić information content (AvgIpc) is 3.39. The molecule has 2 amide bonds. The number of methoxy groups -OCH3 is 2. The predicted octanol–water partition coefficient (Wildman–Crippen LogP) is 4.79. The van der Waals surface area contributed by atoms with Crippen LogP contribution in [0.3, 0.4) is 0 Å². The average molecular weight is 498 g/mol. The van der Waals surface area contributed by atoms with Gasteiger partial charge in [0.25, 0.3) is 5.91 Å². The number of aromatic amines is 1. The van der Waals surface area contributed by atoms with Crippen molar-refractivity contribution in [2.75, 3.05) is 27.3 Å². The molecule has 37 heavy (non-hydrogen) atoms. The number of aromatic nitrogens is 1. The lowest BCUT2D eigenvalue weighted by atomic mass is 9.95. The summed E-state index contributed by atoms with van der Waals surface area (Å²) in [5, 5.41) is 4.09. The maximum Gasteiger partial charge on any atom is 0.255 e. The van der Waals surface area contributed by atoms with Crippen LogP contribution in [0.25, 0.3) is 10.9 Å². The number of hydrogen-bond acceptors (Lipinski definition) is 4. The van der Waals surface area contributed by atoms with Crippen LogP contribution in [0.1, 0.15) is 45.2 Å². The lowest BCUT2D eigenvalue weighted by molar-refractivity contribution is -0.121. The number of H-pyrrole nitrogens is 1. The zero-order valence-corrected chi connectivity index (χ0v) is 21.3. The van der Waals surface area contributed by atoms with Crippen molar-refractivity contribution < 1.29 is 19.1 Å². The summed E-state index contributed by atoms with van der Waals surface area (Å²) in [6.45, 7) is 2.87. The highest BCUT2D eigenvalue weighted by Gasteiger charge is 2.39. The molecule has 190 valence electrons. The second-order valence-electron chi connectivity index (χ2n) is 9.24. The Labute approximate surface area is 216 Å². The van der Waals surface area contributed by atoms with E-state index in [0.717, 1.165) is 33.3 Å². The first-order chi connectivity index (χ1) is 18.0. The molecule has 2 N–H and O–H groups in total. The molecule has 5 rings (SSSR count). The molecule has 0 aliphatic carbocycles. The molecule has 1 aromatic heterocycles. The van der Waals surface area contributed by atoms with Gasteiger partial charge in [0.05, 0.1) is 20.3 Å². The fourth-order valence-corrected chi connectivity index (χ4v) is 5.26.